The smallest absolute Gasteiger partial charge is 0.269 e. The van der Waals surface area contributed by atoms with E-state index in [0.717, 1.165) is 58.7 Å². The Labute approximate surface area is 263 Å². The van der Waals surface area contributed by atoms with E-state index in [1.807, 2.05) is 54.6 Å². The van der Waals surface area contributed by atoms with Crippen molar-refractivity contribution in [3.63, 3.8) is 0 Å². The van der Waals surface area contributed by atoms with Crippen LogP contribution in [0.2, 0.25) is 0 Å². The third kappa shape index (κ3) is 6.84. The van der Waals surface area contributed by atoms with E-state index in [4.69, 9.17) is 9.97 Å². The number of hydrogen-bond acceptors (Lipinski definition) is 8. The number of rotatable bonds is 10. The molecular formula is C35H41N9O. The fourth-order valence-electron chi connectivity index (χ4n) is 6.65. The van der Waals surface area contributed by atoms with E-state index < -0.39 is 0 Å². The van der Waals surface area contributed by atoms with Gasteiger partial charge in [-0.05, 0) is 37.8 Å². The van der Waals surface area contributed by atoms with Crippen LogP contribution in [-0.4, -0.2) is 56.0 Å². The van der Waals surface area contributed by atoms with Crippen LogP contribution in [0.5, 0.6) is 0 Å². The second-order valence-corrected chi connectivity index (χ2v) is 12.3. The van der Waals surface area contributed by atoms with Gasteiger partial charge in [0.05, 0.1) is 11.2 Å². The van der Waals surface area contributed by atoms with Crippen LogP contribution in [0, 0.1) is 0 Å². The summed E-state index contributed by atoms with van der Waals surface area (Å²) in [4.78, 5) is 35.8. The minimum Gasteiger partial charge on any atom is -0.353 e. The lowest BCUT2D eigenvalue weighted by Gasteiger charge is -2.25. The van der Waals surface area contributed by atoms with E-state index in [0.29, 0.717) is 48.7 Å². The van der Waals surface area contributed by atoms with Crippen molar-refractivity contribution in [1.82, 2.24) is 30.2 Å². The number of amides is 1. The summed E-state index contributed by atoms with van der Waals surface area (Å²) in [6.07, 6.45) is 12.1. The number of para-hydroxylation sites is 1. The molecule has 5 N–H and O–H groups in total. The summed E-state index contributed by atoms with van der Waals surface area (Å²) >= 11 is 0. The highest BCUT2D eigenvalue weighted by atomic mass is 16.1. The number of benzene rings is 2. The number of anilines is 3. The summed E-state index contributed by atoms with van der Waals surface area (Å²) in [7, 11) is 0. The normalized spacial score (nSPS) is 16.1. The average molecular weight is 604 g/mol. The number of hydrogen-bond donors (Lipinski definition) is 5. The van der Waals surface area contributed by atoms with Crippen molar-refractivity contribution >= 4 is 45.6 Å². The standard InChI is InChI=1S/C35H41N9O/c45-32(29-22-27-26-18-10-11-19-28(26)40-31(27)30(41-29)23-12-4-1-5-13-23)36-20-21-37-33-42-34(38-24-14-6-2-7-15-24)44-35(43-33)39-25-16-8-3-9-17-25/h1,4-5,10-13,18-19,22,24-25,40H,2-3,6-9,14-17,20-21H2,(H,36,45)(H3,37,38,39,42,43,44). The molecule has 10 nitrogen and oxygen atoms in total. The molecule has 0 atom stereocenters. The van der Waals surface area contributed by atoms with Gasteiger partial charge in [0.2, 0.25) is 17.8 Å². The Morgan fingerprint density at radius 2 is 1.31 bits per heavy atom. The largest absolute Gasteiger partial charge is 0.353 e. The average Bonchev–Trinajstić information content (AvgIpc) is 3.46. The molecule has 2 saturated carbocycles. The van der Waals surface area contributed by atoms with Gasteiger partial charge >= 0.3 is 0 Å². The van der Waals surface area contributed by atoms with Crippen molar-refractivity contribution in [2.75, 3.05) is 29.0 Å². The Kier molecular flexibility index (Phi) is 8.70. The highest BCUT2D eigenvalue weighted by molar-refractivity contribution is 6.13. The second kappa shape index (κ2) is 13.5. The van der Waals surface area contributed by atoms with Crippen LogP contribution in [0.3, 0.4) is 0 Å². The number of H-pyrrole nitrogens is 1. The molecule has 3 heterocycles. The summed E-state index contributed by atoms with van der Waals surface area (Å²) < 4.78 is 0. The molecule has 0 unspecified atom stereocenters. The number of nitrogens with one attached hydrogen (secondary N) is 5. The van der Waals surface area contributed by atoms with Crippen LogP contribution < -0.4 is 21.3 Å². The van der Waals surface area contributed by atoms with Crippen molar-refractivity contribution in [2.24, 2.45) is 0 Å². The molecule has 45 heavy (non-hydrogen) atoms. The minimum absolute atomic E-state index is 0.226. The molecule has 10 heteroatoms. The predicted molar refractivity (Wildman–Crippen MR) is 181 cm³/mol. The number of aromatic nitrogens is 5. The molecule has 0 radical (unpaired) electrons. The summed E-state index contributed by atoms with van der Waals surface area (Å²) in [5, 5.41) is 15.5. The molecule has 5 aromatic rings. The van der Waals surface area contributed by atoms with Crippen LogP contribution in [0.1, 0.15) is 74.7 Å². The van der Waals surface area contributed by atoms with Crippen LogP contribution >= 0.6 is 0 Å². The molecule has 7 rings (SSSR count). The lowest BCUT2D eigenvalue weighted by Crippen LogP contribution is -2.30. The van der Waals surface area contributed by atoms with Crippen LogP contribution in [-0.2, 0) is 0 Å². The van der Waals surface area contributed by atoms with Gasteiger partial charge in [-0.15, -0.1) is 0 Å². The van der Waals surface area contributed by atoms with Crippen molar-refractivity contribution in [3.8, 4) is 11.3 Å². The van der Waals surface area contributed by atoms with Gasteiger partial charge in [0, 0.05) is 47.0 Å². The number of carbonyl (C=O) groups is 1. The van der Waals surface area contributed by atoms with Gasteiger partial charge in [0.1, 0.15) is 5.69 Å². The first-order valence-electron chi connectivity index (χ1n) is 16.5. The zero-order valence-corrected chi connectivity index (χ0v) is 25.6. The Morgan fingerprint density at radius 1 is 0.689 bits per heavy atom. The second-order valence-electron chi connectivity index (χ2n) is 12.3. The lowest BCUT2D eigenvalue weighted by atomic mass is 9.96. The monoisotopic (exact) mass is 603 g/mol. The number of nitrogens with zero attached hydrogens (tertiary/aromatic N) is 4. The van der Waals surface area contributed by atoms with E-state index in [2.05, 4.69) is 42.3 Å². The third-order valence-corrected chi connectivity index (χ3v) is 8.98. The van der Waals surface area contributed by atoms with Crippen LogP contribution in [0.4, 0.5) is 17.8 Å². The fourth-order valence-corrected chi connectivity index (χ4v) is 6.65. The molecule has 0 saturated heterocycles. The van der Waals surface area contributed by atoms with Crippen molar-refractivity contribution < 1.29 is 4.79 Å². The molecule has 3 aromatic heterocycles. The molecular weight excluding hydrogens is 562 g/mol. The van der Waals surface area contributed by atoms with E-state index in [1.165, 1.54) is 38.5 Å². The molecule has 232 valence electrons. The molecule has 2 aromatic carbocycles. The van der Waals surface area contributed by atoms with Gasteiger partial charge in [-0.3, -0.25) is 4.79 Å². The van der Waals surface area contributed by atoms with Gasteiger partial charge < -0.3 is 26.3 Å². The van der Waals surface area contributed by atoms with Gasteiger partial charge in [0.15, 0.2) is 0 Å². The molecule has 2 aliphatic rings. The first-order valence-corrected chi connectivity index (χ1v) is 16.5. The lowest BCUT2D eigenvalue weighted by molar-refractivity contribution is 0.0950. The maximum Gasteiger partial charge on any atom is 0.269 e. The summed E-state index contributed by atoms with van der Waals surface area (Å²) in [6.45, 7) is 0.845. The van der Waals surface area contributed by atoms with Crippen LogP contribution in [0.15, 0.2) is 60.7 Å². The Bertz CT molecular complexity index is 1720. The van der Waals surface area contributed by atoms with Gasteiger partial charge in [-0.1, -0.05) is 87.1 Å². The molecule has 2 fully saturated rings. The zero-order chi connectivity index (χ0) is 30.4. The number of fused-ring (bicyclic) bond motifs is 3. The molecule has 0 spiro atoms. The zero-order valence-electron chi connectivity index (χ0n) is 25.6. The topological polar surface area (TPSA) is 133 Å². The molecule has 0 aliphatic heterocycles. The highest BCUT2D eigenvalue weighted by Gasteiger charge is 2.19. The molecule has 1 amide bonds. The Morgan fingerprint density at radius 3 is 2.00 bits per heavy atom. The van der Waals surface area contributed by atoms with E-state index in [9.17, 15) is 4.79 Å². The minimum atomic E-state index is -0.226. The summed E-state index contributed by atoms with van der Waals surface area (Å²) in [6, 6.07) is 20.8. The SMILES string of the molecule is O=C(NCCNc1nc(NC2CCCCC2)nc(NC2CCCCC2)n1)c1cc2c([nH]c3ccccc32)c(-c2ccccc2)n1. The number of carbonyl (C=O) groups excluding carboxylic acids is 1. The first kappa shape index (κ1) is 29.0. The Hall–Kier alpha value is -4.73. The van der Waals surface area contributed by atoms with Gasteiger partial charge in [-0.25, -0.2) is 4.98 Å². The van der Waals surface area contributed by atoms with Crippen molar-refractivity contribution in [1.29, 1.82) is 0 Å². The van der Waals surface area contributed by atoms with Gasteiger partial charge in [0.25, 0.3) is 5.91 Å². The third-order valence-electron chi connectivity index (χ3n) is 8.98. The van der Waals surface area contributed by atoms with Crippen molar-refractivity contribution in [2.45, 2.75) is 76.3 Å². The highest BCUT2D eigenvalue weighted by Crippen LogP contribution is 2.32. The fraction of sp³-hybridized carbons (Fsp3) is 0.400. The number of aromatic amines is 1. The summed E-state index contributed by atoms with van der Waals surface area (Å²) in [5.41, 5.74) is 4.03. The summed E-state index contributed by atoms with van der Waals surface area (Å²) in [5.74, 6) is 1.48. The molecule has 0 bridgehead atoms. The molecule has 2 aliphatic carbocycles. The first-order chi connectivity index (χ1) is 22.2. The predicted octanol–water partition coefficient (Wildman–Crippen LogP) is 6.90. The quantitative estimate of drug-likeness (QED) is 0.109. The van der Waals surface area contributed by atoms with Crippen LogP contribution in [0.25, 0.3) is 33.1 Å². The Balaban J connectivity index is 1.05. The maximum atomic E-state index is 13.4. The number of pyridine rings is 1. The van der Waals surface area contributed by atoms with Crippen molar-refractivity contribution in [3.05, 3.63) is 66.4 Å². The van der Waals surface area contributed by atoms with Gasteiger partial charge in [-0.2, -0.15) is 15.0 Å². The van der Waals surface area contributed by atoms with E-state index in [-0.39, 0.29) is 5.91 Å². The maximum absolute atomic E-state index is 13.4. The van der Waals surface area contributed by atoms with E-state index in [1.54, 1.807) is 0 Å². The van der Waals surface area contributed by atoms with E-state index >= 15 is 0 Å².